The molecule has 91 valence electrons. The molecule has 0 aromatic rings. The Labute approximate surface area is 95.2 Å². The normalized spacial score (nSPS) is 11.6. The van der Waals surface area contributed by atoms with Crippen LogP contribution in [0.4, 0.5) is 0 Å². The predicted molar refractivity (Wildman–Crippen MR) is 62.6 cm³/mol. The van der Waals surface area contributed by atoms with E-state index >= 15 is 0 Å². The fourth-order valence-corrected chi connectivity index (χ4v) is 1.81. The maximum absolute atomic E-state index is 9.03. The molecule has 0 bridgehead atoms. The van der Waals surface area contributed by atoms with Crippen LogP contribution in [0.5, 0.6) is 0 Å². The van der Waals surface area contributed by atoms with Crippen LogP contribution in [-0.4, -0.2) is 52.6 Å². The first-order valence-electron chi connectivity index (χ1n) is 5.69. The van der Waals surface area contributed by atoms with Crippen LogP contribution < -0.4 is 0 Å². The summed E-state index contributed by atoms with van der Waals surface area (Å²) in [4.78, 5) is 11.4. The molecular weight excluding hydrogens is 210 g/mol. The minimum absolute atomic E-state index is 0.608. The van der Waals surface area contributed by atoms with Crippen molar-refractivity contribution in [2.24, 2.45) is 0 Å². The Morgan fingerprint density at radius 2 is 1.80 bits per heavy atom. The third kappa shape index (κ3) is 9.01. The van der Waals surface area contributed by atoms with Crippen molar-refractivity contribution in [3.05, 3.63) is 0 Å². The number of hydrogen-bond acceptors (Lipinski definition) is 4. The molecule has 1 radical (unpaired) electrons. The van der Waals surface area contributed by atoms with Gasteiger partial charge in [0.1, 0.15) is 0 Å². The molecule has 0 amide bonds. The van der Waals surface area contributed by atoms with Gasteiger partial charge in [-0.25, -0.2) is 0 Å². The molecule has 0 aliphatic heterocycles. The molecule has 0 rings (SSSR count). The van der Waals surface area contributed by atoms with Crippen molar-refractivity contribution in [2.75, 3.05) is 33.4 Å². The second-order valence-corrected chi connectivity index (χ2v) is 4.63. The molecule has 0 aromatic heterocycles. The SMILES string of the molecule is CCN(CC)CCCCCO[Si](O)OC. The van der Waals surface area contributed by atoms with Crippen molar-refractivity contribution in [1.29, 1.82) is 0 Å². The third-order valence-electron chi connectivity index (χ3n) is 2.41. The van der Waals surface area contributed by atoms with E-state index in [1.807, 2.05) is 0 Å². The largest absolute Gasteiger partial charge is 0.574 e. The smallest absolute Gasteiger partial charge is 0.387 e. The van der Waals surface area contributed by atoms with Gasteiger partial charge in [-0.2, -0.15) is 0 Å². The van der Waals surface area contributed by atoms with Crippen molar-refractivity contribution in [3.8, 4) is 0 Å². The number of unbranched alkanes of at least 4 members (excludes halogenated alkanes) is 2. The van der Waals surface area contributed by atoms with Gasteiger partial charge in [0.25, 0.3) is 0 Å². The van der Waals surface area contributed by atoms with Gasteiger partial charge in [-0.3, -0.25) is 0 Å². The molecule has 0 saturated heterocycles. The van der Waals surface area contributed by atoms with Gasteiger partial charge in [-0.15, -0.1) is 0 Å². The highest BCUT2D eigenvalue weighted by atomic mass is 28.3. The Bertz CT molecular complexity index is 134. The lowest BCUT2D eigenvalue weighted by molar-refractivity contribution is 0.155. The van der Waals surface area contributed by atoms with E-state index in [4.69, 9.17) is 9.22 Å². The third-order valence-corrected chi connectivity index (χ3v) is 3.21. The Morgan fingerprint density at radius 1 is 1.13 bits per heavy atom. The summed E-state index contributed by atoms with van der Waals surface area (Å²) >= 11 is 0. The second kappa shape index (κ2) is 10.6. The summed E-state index contributed by atoms with van der Waals surface area (Å²) in [5.41, 5.74) is 0. The maximum atomic E-state index is 9.03. The molecule has 0 heterocycles. The van der Waals surface area contributed by atoms with E-state index in [1.54, 1.807) is 0 Å². The van der Waals surface area contributed by atoms with Crippen molar-refractivity contribution in [3.63, 3.8) is 0 Å². The summed E-state index contributed by atoms with van der Waals surface area (Å²) in [6.07, 6.45) is 3.35. The molecule has 15 heavy (non-hydrogen) atoms. The minimum Gasteiger partial charge on any atom is -0.387 e. The van der Waals surface area contributed by atoms with Crippen LogP contribution in [0.15, 0.2) is 0 Å². The van der Waals surface area contributed by atoms with Crippen LogP contribution in [-0.2, 0) is 8.85 Å². The maximum Gasteiger partial charge on any atom is 0.574 e. The van der Waals surface area contributed by atoms with Gasteiger partial charge in [-0.1, -0.05) is 13.8 Å². The summed E-state index contributed by atoms with van der Waals surface area (Å²) in [5, 5.41) is 0. The molecule has 0 spiro atoms. The fourth-order valence-electron chi connectivity index (χ4n) is 1.37. The first-order valence-corrected chi connectivity index (χ1v) is 6.96. The van der Waals surface area contributed by atoms with Crippen LogP contribution in [0.25, 0.3) is 0 Å². The topological polar surface area (TPSA) is 41.9 Å². The highest BCUT2D eigenvalue weighted by Gasteiger charge is 2.09. The molecular formula is C10H24NO3Si. The molecule has 0 saturated carbocycles. The second-order valence-electron chi connectivity index (χ2n) is 3.41. The molecule has 0 aliphatic rings. The van der Waals surface area contributed by atoms with Gasteiger partial charge < -0.3 is 18.5 Å². The van der Waals surface area contributed by atoms with E-state index in [0.717, 1.165) is 32.5 Å². The van der Waals surface area contributed by atoms with Crippen LogP contribution in [0.3, 0.4) is 0 Å². The van der Waals surface area contributed by atoms with Crippen LogP contribution in [0, 0.1) is 0 Å². The van der Waals surface area contributed by atoms with Crippen LogP contribution >= 0.6 is 0 Å². The number of rotatable bonds is 10. The van der Waals surface area contributed by atoms with Crippen molar-refractivity contribution >= 4 is 9.53 Å². The Morgan fingerprint density at radius 3 is 2.33 bits per heavy atom. The predicted octanol–water partition coefficient (Wildman–Crippen LogP) is 1.14. The monoisotopic (exact) mass is 234 g/mol. The Kier molecular flexibility index (Phi) is 10.6. The van der Waals surface area contributed by atoms with Gasteiger partial charge in [0.05, 0.1) is 0 Å². The highest BCUT2D eigenvalue weighted by molar-refractivity contribution is 6.34. The van der Waals surface area contributed by atoms with Gasteiger partial charge in [0, 0.05) is 13.7 Å². The highest BCUT2D eigenvalue weighted by Crippen LogP contribution is 1.99. The summed E-state index contributed by atoms with van der Waals surface area (Å²) < 4.78 is 9.73. The standard InChI is InChI=1S/C10H24NO3Si/c1-4-11(5-2)9-7-6-8-10-14-15(12)13-3/h12H,4-10H2,1-3H3. The lowest BCUT2D eigenvalue weighted by atomic mass is 10.2. The Hall–Kier alpha value is 0.0569. The molecule has 0 fully saturated rings. The lowest BCUT2D eigenvalue weighted by Gasteiger charge is -2.17. The molecule has 1 N–H and O–H groups in total. The van der Waals surface area contributed by atoms with Gasteiger partial charge in [-0.05, 0) is 38.9 Å². The zero-order valence-electron chi connectivity index (χ0n) is 10.2. The van der Waals surface area contributed by atoms with E-state index < -0.39 is 9.53 Å². The quantitative estimate of drug-likeness (QED) is 0.455. The van der Waals surface area contributed by atoms with Crippen LogP contribution in [0.1, 0.15) is 33.1 Å². The summed E-state index contributed by atoms with van der Waals surface area (Å²) in [5.74, 6) is 0. The average molecular weight is 234 g/mol. The summed E-state index contributed by atoms with van der Waals surface area (Å²) in [7, 11) is -0.485. The molecule has 0 unspecified atom stereocenters. The fraction of sp³-hybridized carbons (Fsp3) is 1.00. The van der Waals surface area contributed by atoms with Crippen molar-refractivity contribution in [2.45, 2.75) is 33.1 Å². The zero-order chi connectivity index (χ0) is 11.5. The van der Waals surface area contributed by atoms with Crippen molar-refractivity contribution in [1.82, 2.24) is 4.90 Å². The first kappa shape index (κ1) is 15.1. The lowest BCUT2D eigenvalue weighted by Crippen LogP contribution is -2.24. The number of hydrogen-bond donors (Lipinski definition) is 1. The van der Waals surface area contributed by atoms with Gasteiger partial charge >= 0.3 is 9.53 Å². The van der Waals surface area contributed by atoms with Gasteiger partial charge in [0.2, 0.25) is 0 Å². The molecule has 5 heteroatoms. The average Bonchev–Trinajstić information content (AvgIpc) is 2.28. The summed E-state index contributed by atoms with van der Waals surface area (Å²) in [6.45, 7) is 8.39. The van der Waals surface area contributed by atoms with Crippen molar-refractivity contribution < 1.29 is 13.6 Å². The minimum atomic E-state index is -1.95. The van der Waals surface area contributed by atoms with E-state index in [0.29, 0.717) is 6.61 Å². The molecule has 0 aromatic carbocycles. The van der Waals surface area contributed by atoms with Gasteiger partial charge in [0.15, 0.2) is 0 Å². The Balaban J connectivity index is 3.17. The first-order chi connectivity index (χ1) is 7.24. The van der Waals surface area contributed by atoms with E-state index in [-0.39, 0.29) is 0 Å². The zero-order valence-corrected chi connectivity index (χ0v) is 11.2. The molecule has 0 atom stereocenters. The van der Waals surface area contributed by atoms with E-state index in [2.05, 4.69) is 23.2 Å². The summed E-state index contributed by atoms with van der Waals surface area (Å²) in [6, 6.07) is 0. The van der Waals surface area contributed by atoms with E-state index in [1.165, 1.54) is 13.5 Å². The number of nitrogens with zero attached hydrogens (tertiary/aromatic N) is 1. The molecule has 4 nitrogen and oxygen atoms in total. The van der Waals surface area contributed by atoms with Crippen LogP contribution in [0.2, 0.25) is 0 Å². The molecule has 0 aliphatic carbocycles. The van der Waals surface area contributed by atoms with E-state index in [9.17, 15) is 0 Å².